The van der Waals surface area contributed by atoms with Crippen molar-refractivity contribution < 1.29 is 14.3 Å². The van der Waals surface area contributed by atoms with E-state index >= 15 is 0 Å². The Hall–Kier alpha value is -0.610. The summed E-state index contributed by atoms with van der Waals surface area (Å²) < 4.78 is 10.6. The summed E-state index contributed by atoms with van der Waals surface area (Å²) in [5.74, 6) is 0.170. The van der Waals surface area contributed by atoms with Gasteiger partial charge in [0.2, 0.25) is 0 Å². The molecule has 0 heterocycles. The van der Waals surface area contributed by atoms with Gasteiger partial charge >= 0.3 is 5.97 Å². The third-order valence-corrected chi connectivity index (χ3v) is 3.49. The van der Waals surface area contributed by atoms with Crippen LogP contribution in [0.15, 0.2) is 0 Å². The van der Waals surface area contributed by atoms with Crippen molar-refractivity contribution in [1.82, 2.24) is 5.32 Å². The van der Waals surface area contributed by atoms with E-state index in [1.165, 1.54) is 20.0 Å². The van der Waals surface area contributed by atoms with Crippen molar-refractivity contribution in [1.29, 1.82) is 0 Å². The number of unbranched alkanes of at least 4 members (excludes halogenated alkanes) is 2. The lowest BCUT2D eigenvalue weighted by atomic mass is 9.94. The topological polar surface area (TPSA) is 47.6 Å². The Kier molecular flexibility index (Phi) is 5.92. The molecule has 0 bridgehead atoms. The number of carbonyl (C=O) groups excluding carboxylic acids is 1. The predicted molar refractivity (Wildman–Crippen MR) is 66.9 cm³/mol. The van der Waals surface area contributed by atoms with Gasteiger partial charge in [0, 0.05) is 6.61 Å². The normalized spacial score (nSPS) is 18.8. The Balaban J connectivity index is 2.43. The van der Waals surface area contributed by atoms with Crippen molar-refractivity contribution in [3.63, 3.8) is 0 Å². The highest BCUT2D eigenvalue weighted by atomic mass is 16.5. The van der Waals surface area contributed by atoms with Gasteiger partial charge in [-0.3, -0.25) is 0 Å². The van der Waals surface area contributed by atoms with E-state index in [0.717, 1.165) is 25.9 Å². The van der Waals surface area contributed by atoms with Crippen molar-refractivity contribution in [3.8, 4) is 0 Å². The van der Waals surface area contributed by atoms with E-state index in [2.05, 4.69) is 12.2 Å². The van der Waals surface area contributed by atoms with Gasteiger partial charge in [0.1, 0.15) is 5.54 Å². The monoisotopic (exact) mass is 243 g/mol. The SMILES string of the molecule is CCCCCOCC(NC)(C(=O)OC)C1CC1. The van der Waals surface area contributed by atoms with Gasteiger partial charge in [-0.1, -0.05) is 19.8 Å². The number of ether oxygens (including phenoxy) is 2. The van der Waals surface area contributed by atoms with Gasteiger partial charge in [-0.15, -0.1) is 0 Å². The summed E-state index contributed by atoms with van der Waals surface area (Å²) in [7, 11) is 3.25. The maximum absolute atomic E-state index is 11.9. The van der Waals surface area contributed by atoms with Crippen LogP contribution in [0.4, 0.5) is 0 Å². The second kappa shape index (κ2) is 6.97. The molecule has 0 saturated heterocycles. The fourth-order valence-corrected chi connectivity index (χ4v) is 2.17. The number of hydrogen-bond donors (Lipinski definition) is 1. The molecule has 1 aliphatic carbocycles. The molecule has 1 saturated carbocycles. The van der Waals surface area contributed by atoms with Crippen LogP contribution in [0.2, 0.25) is 0 Å². The maximum Gasteiger partial charge on any atom is 0.328 e. The minimum atomic E-state index is -0.624. The molecule has 0 aromatic carbocycles. The maximum atomic E-state index is 11.9. The molecule has 17 heavy (non-hydrogen) atoms. The zero-order valence-corrected chi connectivity index (χ0v) is 11.3. The molecule has 1 N–H and O–H groups in total. The molecule has 1 rings (SSSR count). The fourth-order valence-electron chi connectivity index (χ4n) is 2.17. The number of esters is 1. The molecular formula is C13H25NO3. The Bertz CT molecular complexity index is 241. The number of carbonyl (C=O) groups is 1. The standard InChI is InChI=1S/C13H25NO3/c1-4-5-6-9-17-10-13(14-2,11-7-8-11)12(15)16-3/h11,14H,4-10H2,1-3H3. The smallest absolute Gasteiger partial charge is 0.328 e. The summed E-state index contributed by atoms with van der Waals surface area (Å²) in [6.45, 7) is 3.31. The fraction of sp³-hybridized carbons (Fsp3) is 0.923. The average Bonchev–Trinajstić information content (AvgIpc) is 3.18. The van der Waals surface area contributed by atoms with Gasteiger partial charge in [0.25, 0.3) is 0 Å². The summed E-state index contributed by atoms with van der Waals surface area (Å²) in [5.41, 5.74) is -0.624. The third kappa shape index (κ3) is 3.68. The van der Waals surface area contributed by atoms with Crippen LogP contribution in [-0.2, 0) is 14.3 Å². The molecule has 0 amide bonds. The zero-order chi connectivity index (χ0) is 12.7. The van der Waals surface area contributed by atoms with Gasteiger partial charge < -0.3 is 14.8 Å². The Morgan fingerprint density at radius 3 is 2.59 bits per heavy atom. The molecule has 0 spiro atoms. The van der Waals surface area contributed by atoms with Crippen LogP contribution in [0.1, 0.15) is 39.0 Å². The molecule has 0 aromatic rings. The first-order valence-electron chi connectivity index (χ1n) is 6.56. The lowest BCUT2D eigenvalue weighted by Crippen LogP contribution is -2.56. The van der Waals surface area contributed by atoms with E-state index in [1.807, 2.05) is 7.05 Å². The molecule has 1 unspecified atom stereocenters. The van der Waals surface area contributed by atoms with Crippen LogP contribution in [-0.4, -0.2) is 38.9 Å². The Morgan fingerprint density at radius 2 is 2.12 bits per heavy atom. The zero-order valence-electron chi connectivity index (χ0n) is 11.3. The van der Waals surface area contributed by atoms with Gasteiger partial charge in [-0.05, 0) is 32.2 Å². The summed E-state index contributed by atoms with van der Waals surface area (Å²) >= 11 is 0. The summed E-state index contributed by atoms with van der Waals surface area (Å²) in [4.78, 5) is 11.9. The van der Waals surface area contributed by atoms with Crippen LogP contribution in [0.25, 0.3) is 0 Å². The van der Waals surface area contributed by atoms with Gasteiger partial charge in [0.15, 0.2) is 0 Å². The second-order valence-corrected chi connectivity index (χ2v) is 4.75. The van der Waals surface area contributed by atoms with Gasteiger partial charge in [-0.25, -0.2) is 4.79 Å². The van der Waals surface area contributed by atoms with Crippen LogP contribution in [0.5, 0.6) is 0 Å². The summed E-state index contributed by atoms with van der Waals surface area (Å²) in [6.07, 6.45) is 5.57. The highest BCUT2D eigenvalue weighted by molar-refractivity contribution is 5.82. The highest BCUT2D eigenvalue weighted by Gasteiger charge is 2.51. The van der Waals surface area contributed by atoms with Crippen molar-refractivity contribution in [2.45, 2.75) is 44.6 Å². The number of likely N-dealkylation sites (N-methyl/N-ethyl adjacent to an activating group) is 1. The van der Waals surface area contributed by atoms with E-state index in [1.54, 1.807) is 0 Å². The first-order valence-corrected chi connectivity index (χ1v) is 6.56. The number of hydrogen-bond acceptors (Lipinski definition) is 4. The van der Waals surface area contributed by atoms with Crippen LogP contribution in [0, 0.1) is 5.92 Å². The summed E-state index contributed by atoms with van der Waals surface area (Å²) in [6, 6.07) is 0. The lowest BCUT2D eigenvalue weighted by Gasteiger charge is -2.30. The van der Waals surface area contributed by atoms with E-state index in [0.29, 0.717) is 12.5 Å². The molecule has 0 radical (unpaired) electrons. The molecule has 100 valence electrons. The number of methoxy groups -OCH3 is 1. The molecule has 0 aliphatic heterocycles. The first-order chi connectivity index (χ1) is 8.21. The van der Waals surface area contributed by atoms with E-state index in [9.17, 15) is 4.79 Å². The molecule has 0 aromatic heterocycles. The first kappa shape index (κ1) is 14.5. The predicted octanol–water partition coefficient (Wildman–Crippen LogP) is 1.73. The molecule has 4 nitrogen and oxygen atoms in total. The van der Waals surface area contributed by atoms with Gasteiger partial charge in [-0.2, -0.15) is 0 Å². The molecular weight excluding hydrogens is 218 g/mol. The van der Waals surface area contributed by atoms with E-state index in [4.69, 9.17) is 9.47 Å². The van der Waals surface area contributed by atoms with Crippen molar-refractivity contribution in [2.75, 3.05) is 27.4 Å². The van der Waals surface area contributed by atoms with Crippen molar-refractivity contribution in [3.05, 3.63) is 0 Å². The lowest BCUT2D eigenvalue weighted by molar-refractivity contribution is -0.152. The van der Waals surface area contributed by atoms with E-state index in [-0.39, 0.29) is 5.97 Å². The number of rotatable bonds is 9. The van der Waals surface area contributed by atoms with Crippen molar-refractivity contribution >= 4 is 5.97 Å². The summed E-state index contributed by atoms with van der Waals surface area (Å²) in [5, 5.41) is 3.12. The van der Waals surface area contributed by atoms with Gasteiger partial charge in [0.05, 0.1) is 13.7 Å². The number of nitrogens with one attached hydrogen (secondary N) is 1. The molecule has 4 heteroatoms. The Labute approximate surface area is 104 Å². The second-order valence-electron chi connectivity index (χ2n) is 4.75. The van der Waals surface area contributed by atoms with E-state index < -0.39 is 5.54 Å². The third-order valence-electron chi connectivity index (χ3n) is 3.49. The average molecular weight is 243 g/mol. The minimum Gasteiger partial charge on any atom is -0.468 e. The molecule has 1 aliphatic rings. The largest absolute Gasteiger partial charge is 0.468 e. The highest BCUT2D eigenvalue weighted by Crippen LogP contribution is 2.40. The molecule has 1 atom stereocenters. The van der Waals surface area contributed by atoms with Crippen molar-refractivity contribution in [2.24, 2.45) is 5.92 Å². The quantitative estimate of drug-likeness (QED) is 0.495. The molecule has 1 fully saturated rings. The van der Waals surface area contributed by atoms with Crippen LogP contribution in [0.3, 0.4) is 0 Å². The van der Waals surface area contributed by atoms with Crippen LogP contribution >= 0.6 is 0 Å². The Morgan fingerprint density at radius 1 is 1.41 bits per heavy atom. The minimum absolute atomic E-state index is 0.196. The van der Waals surface area contributed by atoms with Crippen LogP contribution < -0.4 is 5.32 Å².